The normalized spacial score (nSPS) is 13.4. The van der Waals surface area contributed by atoms with Gasteiger partial charge in [0.05, 0.1) is 25.4 Å². The molecule has 120 valence electrons. The summed E-state index contributed by atoms with van der Waals surface area (Å²) in [6, 6.07) is 5.10. The highest BCUT2D eigenvalue weighted by Gasteiger charge is 2.21. The van der Waals surface area contributed by atoms with E-state index in [1.807, 2.05) is 0 Å². The average molecular weight is 308 g/mol. The zero-order valence-corrected chi connectivity index (χ0v) is 12.5. The lowest BCUT2D eigenvalue weighted by atomic mass is 10.1. The van der Waals surface area contributed by atoms with Crippen molar-refractivity contribution in [3.8, 4) is 5.75 Å². The van der Waals surface area contributed by atoms with E-state index in [2.05, 4.69) is 5.32 Å². The molecule has 7 nitrogen and oxygen atoms in total. The molecular weight excluding hydrogens is 288 g/mol. The Labute approximate surface area is 128 Å². The Hall–Kier alpha value is -2.12. The molecule has 0 saturated heterocycles. The molecule has 22 heavy (non-hydrogen) atoms. The van der Waals surface area contributed by atoms with Crippen LogP contribution in [0.2, 0.25) is 0 Å². The van der Waals surface area contributed by atoms with Crippen molar-refractivity contribution in [1.29, 1.82) is 0 Å². The molecule has 0 unspecified atom stereocenters. The topological polar surface area (TPSA) is 88.1 Å². The molecule has 2 N–H and O–H groups in total. The molecule has 7 heteroatoms. The van der Waals surface area contributed by atoms with Crippen molar-refractivity contribution in [3.63, 3.8) is 0 Å². The summed E-state index contributed by atoms with van der Waals surface area (Å²) in [7, 11) is 1.60. The minimum Gasteiger partial charge on any atom is -0.490 e. The molecule has 0 radical (unpaired) electrons. The number of methoxy groups -OCH3 is 1. The van der Waals surface area contributed by atoms with Crippen LogP contribution < -0.4 is 15.0 Å². The number of carbonyl (C=O) groups excluding carboxylic acids is 1. The maximum absolute atomic E-state index is 12.1. The number of nitrogens with one attached hydrogen (secondary N) is 1. The molecule has 0 saturated carbocycles. The van der Waals surface area contributed by atoms with Crippen LogP contribution in [0.25, 0.3) is 0 Å². The molecule has 0 aliphatic carbocycles. The molecule has 2 rings (SSSR count). The van der Waals surface area contributed by atoms with E-state index in [0.29, 0.717) is 43.3 Å². The summed E-state index contributed by atoms with van der Waals surface area (Å²) in [5.41, 5.74) is 1.18. The largest absolute Gasteiger partial charge is 0.490 e. The van der Waals surface area contributed by atoms with Gasteiger partial charge in [0.2, 0.25) is 0 Å². The van der Waals surface area contributed by atoms with Gasteiger partial charge in [0.25, 0.3) is 0 Å². The Kier molecular flexibility index (Phi) is 5.74. The number of carboxylic acid groups (broad SMARTS) is 1. The van der Waals surface area contributed by atoms with E-state index in [1.165, 1.54) is 0 Å². The summed E-state index contributed by atoms with van der Waals surface area (Å²) in [6.07, 6.45) is 0. The minimum absolute atomic E-state index is 0.0558. The first kappa shape index (κ1) is 16.3. The van der Waals surface area contributed by atoms with Crippen LogP contribution in [0.5, 0.6) is 5.75 Å². The fraction of sp³-hybridized carbons (Fsp3) is 0.467. The molecule has 1 aliphatic rings. The first-order chi connectivity index (χ1) is 10.6. The zero-order valence-electron chi connectivity index (χ0n) is 12.5. The van der Waals surface area contributed by atoms with Gasteiger partial charge in [-0.3, -0.25) is 9.59 Å². The van der Waals surface area contributed by atoms with Crippen LogP contribution in [0.4, 0.5) is 5.69 Å². The predicted molar refractivity (Wildman–Crippen MR) is 80.9 cm³/mol. The Bertz CT molecular complexity index is 547. The Morgan fingerprint density at radius 1 is 1.45 bits per heavy atom. The van der Waals surface area contributed by atoms with E-state index in [9.17, 15) is 9.59 Å². The fourth-order valence-electron chi connectivity index (χ4n) is 2.25. The van der Waals surface area contributed by atoms with E-state index >= 15 is 0 Å². The molecule has 0 fully saturated rings. The molecule has 0 spiro atoms. The Balaban J connectivity index is 2.08. The number of fused-ring (bicyclic) bond motifs is 1. The average Bonchev–Trinajstić information content (AvgIpc) is 2.51. The first-order valence-electron chi connectivity index (χ1n) is 7.08. The van der Waals surface area contributed by atoms with Crippen LogP contribution in [0.15, 0.2) is 18.2 Å². The second-order valence-electron chi connectivity index (χ2n) is 4.94. The minimum atomic E-state index is -0.911. The van der Waals surface area contributed by atoms with Crippen LogP contribution in [-0.2, 0) is 9.53 Å². The maximum Gasteiger partial charge on any atom is 0.323 e. The van der Waals surface area contributed by atoms with E-state index < -0.39 is 5.97 Å². The number of anilines is 1. The van der Waals surface area contributed by atoms with E-state index in [4.69, 9.17) is 14.6 Å². The number of ketones is 1. The quantitative estimate of drug-likeness (QED) is 0.530. The maximum atomic E-state index is 12.1. The smallest absolute Gasteiger partial charge is 0.323 e. The number of carboxylic acids is 1. The summed E-state index contributed by atoms with van der Waals surface area (Å²) < 4.78 is 10.4. The fourth-order valence-corrected chi connectivity index (χ4v) is 2.25. The second-order valence-corrected chi connectivity index (χ2v) is 4.94. The van der Waals surface area contributed by atoms with E-state index in [1.54, 1.807) is 30.2 Å². The highest BCUT2D eigenvalue weighted by molar-refractivity contribution is 5.99. The monoisotopic (exact) mass is 308 g/mol. The molecule has 1 aromatic carbocycles. The van der Waals surface area contributed by atoms with Crippen LogP contribution in [0.3, 0.4) is 0 Å². The highest BCUT2D eigenvalue weighted by Crippen LogP contribution is 2.32. The standard InChI is InChI=1S/C15H20N2O5/c1-21-6-4-16-9-13(18)11-2-3-14-12(8-11)17(5-7-22-14)10-15(19)20/h2-3,8,16H,4-7,9-10H2,1H3,(H,19,20). The van der Waals surface area contributed by atoms with Gasteiger partial charge in [0, 0.05) is 19.2 Å². The van der Waals surface area contributed by atoms with Crippen molar-refractivity contribution < 1.29 is 24.2 Å². The van der Waals surface area contributed by atoms with Gasteiger partial charge in [-0.15, -0.1) is 0 Å². The van der Waals surface area contributed by atoms with Crippen LogP contribution in [-0.4, -0.2) is 63.4 Å². The number of aliphatic carboxylic acids is 1. The van der Waals surface area contributed by atoms with Crippen molar-refractivity contribution in [1.82, 2.24) is 5.32 Å². The number of hydrogen-bond donors (Lipinski definition) is 2. The first-order valence-corrected chi connectivity index (χ1v) is 7.08. The number of ether oxygens (including phenoxy) is 2. The van der Waals surface area contributed by atoms with Gasteiger partial charge in [0.1, 0.15) is 18.9 Å². The molecule has 0 bridgehead atoms. The number of Topliss-reactive ketones (excluding diaryl/α,β-unsaturated/α-hetero) is 1. The van der Waals surface area contributed by atoms with E-state index in [-0.39, 0.29) is 18.9 Å². The SMILES string of the molecule is COCCNCC(=O)c1ccc2c(c1)N(CC(=O)O)CCO2. The summed E-state index contributed by atoms with van der Waals surface area (Å²) >= 11 is 0. The summed E-state index contributed by atoms with van der Waals surface area (Å²) in [5.74, 6) is -0.359. The summed E-state index contributed by atoms with van der Waals surface area (Å²) in [4.78, 5) is 24.8. The number of hydrogen-bond acceptors (Lipinski definition) is 6. The lowest BCUT2D eigenvalue weighted by molar-refractivity contribution is -0.135. The second kappa shape index (κ2) is 7.77. The van der Waals surface area contributed by atoms with Crippen molar-refractivity contribution in [2.45, 2.75) is 0 Å². The zero-order chi connectivity index (χ0) is 15.9. The molecule has 0 aromatic heterocycles. The molecule has 1 aromatic rings. The molecule has 0 amide bonds. The third-order valence-electron chi connectivity index (χ3n) is 3.34. The number of nitrogens with zero attached hydrogens (tertiary/aromatic N) is 1. The third kappa shape index (κ3) is 4.19. The molecular formula is C15H20N2O5. The summed E-state index contributed by atoms with van der Waals surface area (Å²) in [6.45, 7) is 2.16. The highest BCUT2D eigenvalue weighted by atomic mass is 16.5. The van der Waals surface area contributed by atoms with Crippen molar-refractivity contribution in [2.24, 2.45) is 0 Å². The van der Waals surface area contributed by atoms with Gasteiger partial charge < -0.3 is 24.8 Å². The molecule has 0 atom stereocenters. The van der Waals surface area contributed by atoms with Gasteiger partial charge in [0.15, 0.2) is 5.78 Å². The van der Waals surface area contributed by atoms with E-state index in [0.717, 1.165) is 0 Å². The van der Waals surface area contributed by atoms with Crippen molar-refractivity contribution in [3.05, 3.63) is 23.8 Å². The summed E-state index contributed by atoms with van der Waals surface area (Å²) in [5, 5.41) is 12.0. The van der Waals surface area contributed by atoms with Crippen molar-refractivity contribution in [2.75, 3.05) is 51.4 Å². The van der Waals surface area contributed by atoms with Crippen LogP contribution >= 0.6 is 0 Å². The number of rotatable bonds is 8. The van der Waals surface area contributed by atoms with Crippen LogP contribution in [0, 0.1) is 0 Å². The lowest BCUT2D eigenvalue weighted by Crippen LogP contribution is -2.37. The van der Waals surface area contributed by atoms with Crippen molar-refractivity contribution >= 4 is 17.4 Å². The lowest BCUT2D eigenvalue weighted by Gasteiger charge is -2.30. The van der Waals surface area contributed by atoms with Gasteiger partial charge in [-0.05, 0) is 18.2 Å². The predicted octanol–water partition coefficient (Wildman–Crippen LogP) is 0.389. The number of benzene rings is 1. The Morgan fingerprint density at radius 3 is 3.00 bits per heavy atom. The van der Waals surface area contributed by atoms with Gasteiger partial charge in [-0.2, -0.15) is 0 Å². The van der Waals surface area contributed by atoms with Gasteiger partial charge >= 0.3 is 5.97 Å². The molecule has 1 heterocycles. The van der Waals surface area contributed by atoms with Gasteiger partial charge in [-0.1, -0.05) is 0 Å². The number of carbonyl (C=O) groups is 2. The Morgan fingerprint density at radius 2 is 2.27 bits per heavy atom. The molecule has 1 aliphatic heterocycles. The third-order valence-corrected chi connectivity index (χ3v) is 3.34. The van der Waals surface area contributed by atoms with Crippen LogP contribution in [0.1, 0.15) is 10.4 Å². The van der Waals surface area contributed by atoms with Gasteiger partial charge in [-0.25, -0.2) is 0 Å².